The topological polar surface area (TPSA) is 45.5 Å². The first-order chi connectivity index (χ1) is 13.6. The summed E-state index contributed by atoms with van der Waals surface area (Å²) in [7, 11) is 0. The highest BCUT2D eigenvalue weighted by Gasteiger charge is 2.27. The number of amides is 1. The molecule has 2 heterocycles. The Morgan fingerprint density at radius 1 is 1.07 bits per heavy atom. The number of hydrogen-bond acceptors (Lipinski definition) is 3. The zero-order valence-corrected chi connectivity index (χ0v) is 16.4. The van der Waals surface area contributed by atoms with Crippen LogP contribution in [0.1, 0.15) is 44.4 Å². The second kappa shape index (κ2) is 8.03. The average molecular weight is 374 g/mol. The molecule has 1 atom stereocenters. The Labute approximate surface area is 166 Å². The number of nitrogens with one attached hydrogen (secondary N) is 1. The predicted octanol–water partition coefficient (Wildman–Crippen LogP) is 4.43. The maximum atomic E-state index is 12.7. The van der Waals surface area contributed by atoms with E-state index in [4.69, 9.17) is 4.42 Å². The summed E-state index contributed by atoms with van der Waals surface area (Å²) >= 11 is 0. The van der Waals surface area contributed by atoms with Crippen molar-refractivity contribution < 1.29 is 9.21 Å². The van der Waals surface area contributed by atoms with E-state index in [0.717, 1.165) is 30.8 Å². The van der Waals surface area contributed by atoms with E-state index in [9.17, 15) is 4.79 Å². The molecule has 1 aliphatic heterocycles. The minimum Gasteiger partial charge on any atom is -0.468 e. The lowest BCUT2D eigenvalue weighted by atomic mass is 9.98. The quantitative estimate of drug-likeness (QED) is 0.719. The van der Waals surface area contributed by atoms with E-state index >= 15 is 0 Å². The number of hydrogen-bond donors (Lipinski definition) is 1. The fourth-order valence-electron chi connectivity index (χ4n) is 3.85. The molecule has 0 spiro atoms. The van der Waals surface area contributed by atoms with Gasteiger partial charge in [-0.05, 0) is 66.8 Å². The number of nitrogens with zero attached hydrogens (tertiary/aromatic N) is 1. The molecule has 4 nitrogen and oxygen atoms in total. The summed E-state index contributed by atoms with van der Waals surface area (Å²) in [5.74, 6) is 0.844. The van der Waals surface area contributed by atoms with Crippen LogP contribution < -0.4 is 5.32 Å². The second-order valence-corrected chi connectivity index (χ2v) is 7.53. The Kier molecular flexibility index (Phi) is 5.31. The second-order valence-electron chi connectivity index (χ2n) is 7.53. The van der Waals surface area contributed by atoms with Crippen LogP contribution in [0.25, 0.3) is 0 Å². The van der Waals surface area contributed by atoms with Crippen molar-refractivity contribution in [2.75, 3.05) is 13.1 Å². The van der Waals surface area contributed by atoms with Gasteiger partial charge in [0.25, 0.3) is 5.91 Å². The Hall–Kier alpha value is -2.85. The smallest absolute Gasteiger partial charge is 0.251 e. The van der Waals surface area contributed by atoms with E-state index in [0.29, 0.717) is 12.1 Å². The minimum absolute atomic E-state index is 0.0128. The molecule has 4 rings (SSSR count). The van der Waals surface area contributed by atoms with E-state index in [1.165, 1.54) is 16.7 Å². The van der Waals surface area contributed by atoms with Crippen LogP contribution in [0.5, 0.6) is 0 Å². The van der Waals surface area contributed by atoms with Crippen molar-refractivity contribution >= 4 is 5.91 Å². The molecule has 1 aliphatic rings. The predicted molar refractivity (Wildman–Crippen MR) is 110 cm³/mol. The van der Waals surface area contributed by atoms with Gasteiger partial charge in [0.1, 0.15) is 5.76 Å². The van der Waals surface area contributed by atoms with Gasteiger partial charge in [-0.15, -0.1) is 0 Å². The fraction of sp³-hybridized carbons (Fsp3) is 0.292. The van der Waals surface area contributed by atoms with E-state index < -0.39 is 0 Å². The molecular weight excluding hydrogens is 348 g/mol. The third-order valence-corrected chi connectivity index (χ3v) is 5.70. The highest BCUT2D eigenvalue weighted by atomic mass is 16.3. The van der Waals surface area contributed by atoms with Crippen LogP contribution in [0.15, 0.2) is 65.3 Å². The summed E-state index contributed by atoms with van der Waals surface area (Å²) in [4.78, 5) is 15.1. The van der Waals surface area contributed by atoms with Crippen LogP contribution in [0.4, 0.5) is 0 Å². The van der Waals surface area contributed by atoms with Crippen LogP contribution in [0, 0.1) is 13.8 Å². The summed E-state index contributed by atoms with van der Waals surface area (Å²) < 4.78 is 5.72. The van der Waals surface area contributed by atoms with Crippen LogP contribution in [0.3, 0.4) is 0 Å². The van der Waals surface area contributed by atoms with Crippen molar-refractivity contribution in [2.24, 2.45) is 0 Å². The van der Waals surface area contributed by atoms with Gasteiger partial charge < -0.3 is 9.73 Å². The molecule has 0 bridgehead atoms. The SMILES string of the molecule is Cc1ccc(C(=O)NC[C@H](c2ccco2)N2CCc3ccccc3C2)cc1C. The van der Waals surface area contributed by atoms with E-state index in [1.807, 2.05) is 37.3 Å². The number of carbonyl (C=O) groups is 1. The normalized spacial score (nSPS) is 15.1. The fourth-order valence-corrected chi connectivity index (χ4v) is 3.85. The van der Waals surface area contributed by atoms with Crippen molar-refractivity contribution in [1.29, 1.82) is 0 Å². The number of fused-ring (bicyclic) bond motifs is 1. The third kappa shape index (κ3) is 3.87. The van der Waals surface area contributed by atoms with Crippen molar-refractivity contribution in [3.05, 3.63) is 94.4 Å². The van der Waals surface area contributed by atoms with Crippen LogP contribution in [-0.4, -0.2) is 23.9 Å². The van der Waals surface area contributed by atoms with Gasteiger partial charge in [-0.1, -0.05) is 30.3 Å². The highest BCUT2D eigenvalue weighted by Crippen LogP contribution is 2.28. The molecule has 28 heavy (non-hydrogen) atoms. The summed E-state index contributed by atoms with van der Waals surface area (Å²) in [5, 5.41) is 3.11. The van der Waals surface area contributed by atoms with E-state index in [2.05, 4.69) is 41.4 Å². The molecule has 0 fully saturated rings. The summed E-state index contributed by atoms with van der Waals surface area (Å²) in [6.07, 6.45) is 2.71. The number of aryl methyl sites for hydroxylation is 2. The summed E-state index contributed by atoms with van der Waals surface area (Å²) in [6.45, 7) is 6.41. The van der Waals surface area contributed by atoms with Gasteiger partial charge in [0.05, 0.1) is 12.3 Å². The molecule has 1 N–H and O–H groups in total. The Balaban J connectivity index is 1.50. The van der Waals surface area contributed by atoms with E-state index in [-0.39, 0.29) is 11.9 Å². The number of furan rings is 1. The first-order valence-corrected chi connectivity index (χ1v) is 9.81. The standard InChI is InChI=1S/C24H26N2O2/c1-17-9-10-20(14-18(17)2)24(27)25-15-22(23-8-5-13-28-23)26-12-11-19-6-3-4-7-21(19)16-26/h3-10,13-14,22H,11-12,15-16H2,1-2H3,(H,25,27)/t22-/m1/s1. The third-order valence-electron chi connectivity index (χ3n) is 5.70. The molecule has 0 unspecified atom stereocenters. The van der Waals surface area contributed by atoms with Gasteiger partial charge in [0.2, 0.25) is 0 Å². The molecule has 0 saturated carbocycles. The van der Waals surface area contributed by atoms with Gasteiger partial charge in [-0.3, -0.25) is 9.69 Å². The largest absolute Gasteiger partial charge is 0.468 e. The average Bonchev–Trinajstić information content (AvgIpc) is 3.24. The maximum absolute atomic E-state index is 12.7. The van der Waals surface area contributed by atoms with Crippen molar-refractivity contribution in [1.82, 2.24) is 10.2 Å². The lowest BCUT2D eigenvalue weighted by Crippen LogP contribution is -2.40. The minimum atomic E-state index is -0.0444. The summed E-state index contributed by atoms with van der Waals surface area (Å²) in [5.41, 5.74) is 5.78. The zero-order chi connectivity index (χ0) is 19.5. The van der Waals surface area contributed by atoms with E-state index in [1.54, 1.807) is 6.26 Å². The summed E-state index contributed by atoms with van der Waals surface area (Å²) in [6, 6.07) is 18.3. The molecule has 2 aromatic carbocycles. The number of benzene rings is 2. The lowest BCUT2D eigenvalue weighted by molar-refractivity contribution is 0.0919. The molecule has 0 aliphatic carbocycles. The highest BCUT2D eigenvalue weighted by molar-refractivity contribution is 5.94. The van der Waals surface area contributed by atoms with Crippen molar-refractivity contribution in [2.45, 2.75) is 32.9 Å². The first-order valence-electron chi connectivity index (χ1n) is 9.81. The lowest BCUT2D eigenvalue weighted by Gasteiger charge is -2.34. The number of carbonyl (C=O) groups excluding carboxylic acids is 1. The Bertz CT molecular complexity index is 962. The first kappa shape index (κ1) is 18.5. The van der Waals surface area contributed by atoms with Gasteiger partial charge in [0.15, 0.2) is 0 Å². The zero-order valence-electron chi connectivity index (χ0n) is 16.4. The van der Waals surface area contributed by atoms with Crippen molar-refractivity contribution in [3.8, 4) is 0 Å². The molecular formula is C24H26N2O2. The molecule has 4 heteroatoms. The van der Waals surface area contributed by atoms with Crippen molar-refractivity contribution in [3.63, 3.8) is 0 Å². The Morgan fingerprint density at radius 3 is 2.64 bits per heavy atom. The molecule has 0 saturated heterocycles. The molecule has 3 aromatic rings. The number of rotatable bonds is 5. The van der Waals surface area contributed by atoms with Crippen LogP contribution >= 0.6 is 0 Å². The van der Waals surface area contributed by atoms with Crippen LogP contribution in [0.2, 0.25) is 0 Å². The molecule has 144 valence electrons. The van der Waals surface area contributed by atoms with Gasteiger partial charge in [0, 0.05) is 25.2 Å². The maximum Gasteiger partial charge on any atom is 0.251 e. The van der Waals surface area contributed by atoms with Gasteiger partial charge in [-0.25, -0.2) is 0 Å². The Morgan fingerprint density at radius 2 is 1.89 bits per heavy atom. The molecule has 1 amide bonds. The van der Waals surface area contributed by atoms with Crippen LogP contribution in [-0.2, 0) is 13.0 Å². The monoisotopic (exact) mass is 374 g/mol. The molecule has 1 aromatic heterocycles. The molecule has 0 radical (unpaired) electrons. The van der Waals surface area contributed by atoms with Gasteiger partial charge in [-0.2, -0.15) is 0 Å². The van der Waals surface area contributed by atoms with Gasteiger partial charge >= 0.3 is 0 Å².